The molecule has 0 saturated carbocycles. The summed E-state index contributed by atoms with van der Waals surface area (Å²) in [5.74, 6) is -3.50. The number of para-hydroxylation sites is 2. The molecule has 0 unspecified atom stereocenters. The monoisotopic (exact) mass is 353 g/mol. The Balaban J connectivity index is 1.90. The molecule has 0 aliphatic carbocycles. The number of halogens is 1. The molecule has 7 heteroatoms. The summed E-state index contributed by atoms with van der Waals surface area (Å²) in [6.45, 7) is 0. The maximum atomic E-state index is 12.7. The lowest BCUT2D eigenvalue weighted by Gasteiger charge is -2.25. The molecule has 2 aliphatic rings. The number of nitrogens with zero attached hydrogens (tertiary/aromatic N) is 1. The summed E-state index contributed by atoms with van der Waals surface area (Å²) in [4.78, 5) is 50.8. The fraction of sp³-hybridized carbons (Fsp3) is 0. The van der Waals surface area contributed by atoms with Crippen molar-refractivity contribution >= 4 is 40.7 Å². The van der Waals surface area contributed by atoms with Crippen LogP contribution >= 0.6 is 11.6 Å². The van der Waals surface area contributed by atoms with E-state index in [1.54, 1.807) is 12.1 Å². The lowest BCUT2D eigenvalue weighted by Crippen LogP contribution is -2.36. The van der Waals surface area contributed by atoms with Crippen LogP contribution in [0.4, 0.5) is 5.69 Å². The third kappa shape index (κ3) is 2.19. The number of ketones is 2. The average Bonchev–Trinajstić information content (AvgIpc) is 2.88. The highest BCUT2D eigenvalue weighted by atomic mass is 35.5. The van der Waals surface area contributed by atoms with Crippen LogP contribution in [0.2, 0.25) is 5.02 Å². The molecule has 0 N–H and O–H groups in total. The van der Waals surface area contributed by atoms with Crippen LogP contribution in [0.5, 0.6) is 5.75 Å². The number of fused-ring (bicyclic) bond motifs is 3. The Morgan fingerprint density at radius 1 is 0.960 bits per heavy atom. The van der Waals surface area contributed by atoms with Gasteiger partial charge in [-0.25, -0.2) is 4.79 Å². The molecule has 2 aliphatic heterocycles. The molecular formula is C18H8ClNO5. The standard InChI is InChI=1S/C18H8ClNO5/c19-10-7-5-9(6-8-10)15(21)13-14-18(24)25-12-4-2-1-3-11(12)20(14)17(23)16(13)22/h1-8H. The third-order valence-electron chi connectivity index (χ3n) is 3.92. The lowest BCUT2D eigenvalue weighted by atomic mass is 10.00. The van der Waals surface area contributed by atoms with Gasteiger partial charge in [-0.15, -0.1) is 0 Å². The van der Waals surface area contributed by atoms with Crippen LogP contribution < -0.4 is 9.64 Å². The second-order valence-corrected chi connectivity index (χ2v) is 5.82. The molecule has 0 saturated heterocycles. The molecule has 0 bridgehead atoms. The summed E-state index contributed by atoms with van der Waals surface area (Å²) in [7, 11) is 0. The molecule has 25 heavy (non-hydrogen) atoms. The third-order valence-corrected chi connectivity index (χ3v) is 4.17. The molecule has 6 nitrogen and oxygen atoms in total. The first-order valence-electron chi connectivity index (χ1n) is 7.23. The number of hydrogen-bond acceptors (Lipinski definition) is 5. The molecule has 4 rings (SSSR count). The maximum Gasteiger partial charge on any atom is 0.361 e. The first kappa shape index (κ1) is 15.3. The number of carbonyl (C=O) groups excluding carboxylic acids is 4. The summed E-state index contributed by atoms with van der Waals surface area (Å²) in [6.07, 6.45) is 0. The Kier molecular flexibility index (Phi) is 3.30. The Morgan fingerprint density at radius 3 is 2.36 bits per heavy atom. The molecule has 0 radical (unpaired) electrons. The first-order chi connectivity index (χ1) is 12.0. The van der Waals surface area contributed by atoms with Gasteiger partial charge in [0, 0.05) is 10.6 Å². The van der Waals surface area contributed by atoms with Gasteiger partial charge in [-0.3, -0.25) is 19.3 Å². The number of esters is 1. The van der Waals surface area contributed by atoms with Gasteiger partial charge < -0.3 is 4.74 Å². The fourth-order valence-corrected chi connectivity index (χ4v) is 2.91. The Morgan fingerprint density at radius 2 is 1.64 bits per heavy atom. The number of ether oxygens (including phenoxy) is 1. The van der Waals surface area contributed by atoms with Gasteiger partial charge >= 0.3 is 11.9 Å². The van der Waals surface area contributed by atoms with Crippen LogP contribution in [0.1, 0.15) is 10.4 Å². The van der Waals surface area contributed by atoms with Crippen LogP contribution in [-0.4, -0.2) is 23.4 Å². The second kappa shape index (κ2) is 5.39. The minimum Gasteiger partial charge on any atom is -0.420 e. The number of amides is 1. The predicted molar refractivity (Wildman–Crippen MR) is 87.4 cm³/mol. The summed E-state index contributed by atoms with van der Waals surface area (Å²) in [6, 6.07) is 12.1. The molecule has 0 aromatic heterocycles. The highest BCUT2D eigenvalue weighted by Gasteiger charge is 2.49. The van der Waals surface area contributed by atoms with E-state index >= 15 is 0 Å². The number of anilines is 1. The molecule has 0 spiro atoms. The van der Waals surface area contributed by atoms with Gasteiger partial charge in [-0.2, -0.15) is 0 Å². The highest BCUT2D eigenvalue weighted by Crippen LogP contribution is 2.40. The summed E-state index contributed by atoms with van der Waals surface area (Å²) in [5.41, 5.74) is -0.462. The molecule has 122 valence electrons. The van der Waals surface area contributed by atoms with Crippen LogP contribution in [0.25, 0.3) is 0 Å². The number of Topliss-reactive ketones (excluding diaryl/α,β-unsaturated/α-hetero) is 2. The van der Waals surface area contributed by atoms with Crippen molar-refractivity contribution < 1.29 is 23.9 Å². The van der Waals surface area contributed by atoms with E-state index in [2.05, 4.69) is 0 Å². The topological polar surface area (TPSA) is 80.8 Å². The lowest BCUT2D eigenvalue weighted by molar-refractivity contribution is -0.133. The minimum atomic E-state index is -1.04. The van der Waals surface area contributed by atoms with E-state index in [1.807, 2.05) is 0 Å². The summed E-state index contributed by atoms with van der Waals surface area (Å²) < 4.78 is 5.16. The normalized spacial score (nSPS) is 15.9. The zero-order valence-electron chi connectivity index (χ0n) is 12.5. The largest absolute Gasteiger partial charge is 0.420 e. The number of benzene rings is 2. The van der Waals surface area contributed by atoms with Crippen molar-refractivity contribution in [1.29, 1.82) is 0 Å². The van der Waals surface area contributed by atoms with E-state index in [0.29, 0.717) is 5.02 Å². The summed E-state index contributed by atoms with van der Waals surface area (Å²) >= 11 is 5.79. The van der Waals surface area contributed by atoms with Crippen molar-refractivity contribution in [3.8, 4) is 5.75 Å². The van der Waals surface area contributed by atoms with Gasteiger partial charge in [0.05, 0.1) is 5.69 Å². The van der Waals surface area contributed by atoms with Crippen LogP contribution in [-0.2, 0) is 14.4 Å². The van der Waals surface area contributed by atoms with Gasteiger partial charge in [0.25, 0.3) is 5.78 Å². The van der Waals surface area contributed by atoms with E-state index in [9.17, 15) is 19.2 Å². The predicted octanol–water partition coefficient (Wildman–Crippen LogP) is 2.31. The number of hydrogen-bond donors (Lipinski definition) is 0. The highest BCUT2D eigenvalue weighted by molar-refractivity contribution is 6.59. The van der Waals surface area contributed by atoms with Gasteiger partial charge in [0.2, 0.25) is 0 Å². The molecule has 2 aromatic carbocycles. The van der Waals surface area contributed by atoms with Gasteiger partial charge in [0.15, 0.2) is 17.2 Å². The minimum absolute atomic E-state index is 0.140. The molecule has 0 fully saturated rings. The molecule has 2 aromatic rings. The quantitative estimate of drug-likeness (QED) is 0.272. The molecule has 1 amide bonds. The van der Waals surface area contributed by atoms with Crippen molar-refractivity contribution in [2.45, 2.75) is 0 Å². The Hall–Kier alpha value is -3.25. The van der Waals surface area contributed by atoms with E-state index in [0.717, 1.165) is 4.90 Å². The van der Waals surface area contributed by atoms with Crippen LogP contribution in [0, 0.1) is 0 Å². The maximum absolute atomic E-state index is 12.7. The van der Waals surface area contributed by atoms with Gasteiger partial charge in [0.1, 0.15) is 5.57 Å². The van der Waals surface area contributed by atoms with E-state index in [-0.39, 0.29) is 22.7 Å². The van der Waals surface area contributed by atoms with Gasteiger partial charge in [-0.1, -0.05) is 23.7 Å². The molecular weight excluding hydrogens is 346 g/mol. The average molecular weight is 354 g/mol. The number of rotatable bonds is 2. The van der Waals surface area contributed by atoms with Crippen molar-refractivity contribution in [3.05, 3.63) is 70.4 Å². The van der Waals surface area contributed by atoms with Gasteiger partial charge in [-0.05, 0) is 36.4 Å². The first-order valence-corrected chi connectivity index (χ1v) is 7.61. The van der Waals surface area contributed by atoms with Crippen molar-refractivity contribution in [2.75, 3.05) is 4.90 Å². The summed E-state index contributed by atoms with van der Waals surface area (Å²) in [5, 5.41) is 0.413. The van der Waals surface area contributed by atoms with Crippen molar-refractivity contribution in [1.82, 2.24) is 0 Å². The van der Waals surface area contributed by atoms with E-state index < -0.39 is 29.0 Å². The zero-order chi connectivity index (χ0) is 17.7. The number of carbonyl (C=O) groups is 4. The van der Waals surface area contributed by atoms with E-state index in [4.69, 9.17) is 16.3 Å². The Bertz CT molecular complexity index is 1010. The molecule has 0 atom stereocenters. The fourth-order valence-electron chi connectivity index (χ4n) is 2.79. The van der Waals surface area contributed by atoms with Crippen molar-refractivity contribution in [2.24, 2.45) is 0 Å². The zero-order valence-corrected chi connectivity index (χ0v) is 13.2. The smallest absolute Gasteiger partial charge is 0.361 e. The Labute approximate surface area is 146 Å². The van der Waals surface area contributed by atoms with Crippen LogP contribution in [0.15, 0.2) is 59.8 Å². The second-order valence-electron chi connectivity index (χ2n) is 5.39. The van der Waals surface area contributed by atoms with E-state index in [1.165, 1.54) is 36.4 Å². The molecule has 2 heterocycles. The van der Waals surface area contributed by atoms with Crippen LogP contribution in [0.3, 0.4) is 0 Å². The van der Waals surface area contributed by atoms with Crippen molar-refractivity contribution in [3.63, 3.8) is 0 Å². The SMILES string of the molecule is O=C1Oc2ccccc2N2C(=O)C(=O)C(C(=O)c3ccc(Cl)cc3)=C12.